The van der Waals surface area contributed by atoms with Gasteiger partial charge in [-0.2, -0.15) is 5.26 Å². The highest BCUT2D eigenvalue weighted by atomic mass is 32.1. The SMILES string of the molecule is CC(C)OC(=O)c1sc2nc3ccccn3c(=O)c2c1OCC#N. The summed E-state index contributed by atoms with van der Waals surface area (Å²) in [4.78, 5) is 30.0. The summed E-state index contributed by atoms with van der Waals surface area (Å²) in [5, 5.41) is 8.94. The van der Waals surface area contributed by atoms with Gasteiger partial charge in [0.05, 0.1) is 6.10 Å². The van der Waals surface area contributed by atoms with Gasteiger partial charge in [-0.3, -0.25) is 9.20 Å². The number of aromatic nitrogens is 2. The van der Waals surface area contributed by atoms with Crippen LogP contribution in [-0.4, -0.2) is 28.1 Å². The lowest BCUT2D eigenvalue weighted by atomic mass is 10.3. The first-order valence-corrected chi connectivity index (χ1v) is 7.99. The van der Waals surface area contributed by atoms with Gasteiger partial charge in [-0.05, 0) is 26.0 Å². The molecule has 24 heavy (non-hydrogen) atoms. The highest BCUT2D eigenvalue weighted by Crippen LogP contribution is 2.35. The van der Waals surface area contributed by atoms with Crippen molar-refractivity contribution in [3.63, 3.8) is 0 Å². The molecule has 7 nitrogen and oxygen atoms in total. The van der Waals surface area contributed by atoms with Gasteiger partial charge in [-0.25, -0.2) is 9.78 Å². The minimum Gasteiger partial charge on any atom is -0.476 e. The summed E-state index contributed by atoms with van der Waals surface area (Å²) in [6.45, 7) is 3.16. The number of hydrogen-bond acceptors (Lipinski definition) is 7. The predicted octanol–water partition coefficient (Wildman–Crippen LogP) is 2.38. The van der Waals surface area contributed by atoms with Crippen LogP contribution in [-0.2, 0) is 4.74 Å². The van der Waals surface area contributed by atoms with Crippen molar-refractivity contribution in [1.29, 1.82) is 5.26 Å². The van der Waals surface area contributed by atoms with Crippen LogP contribution in [0.1, 0.15) is 23.5 Å². The number of hydrogen-bond donors (Lipinski definition) is 0. The zero-order valence-corrected chi connectivity index (χ0v) is 13.8. The first kappa shape index (κ1) is 16.0. The van der Waals surface area contributed by atoms with Crippen LogP contribution in [0.5, 0.6) is 5.75 Å². The van der Waals surface area contributed by atoms with Gasteiger partial charge in [0.25, 0.3) is 5.56 Å². The topological polar surface area (TPSA) is 93.7 Å². The Morgan fingerprint density at radius 3 is 2.96 bits per heavy atom. The first-order chi connectivity index (χ1) is 11.5. The lowest BCUT2D eigenvalue weighted by molar-refractivity contribution is 0.0380. The number of esters is 1. The molecule has 0 unspecified atom stereocenters. The fourth-order valence-corrected chi connectivity index (χ4v) is 3.24. The van der Waals surface area contributed by atoms with Gasteiger partial charge in [-0.1, -0.05) is 6.07 Å². The van der Waals surface area contributed by atoms with Gasteiger partial charge in [0.1, 0.15) is 21.9 Å². The van der Waals surface area contributed by atoms with E-state index in [0.717, 1.165) is 11.3 Å². The number of fused-ring (bicyclic) bond motifs is 2. The molecule has 8 heteroatoms. The van der Waals surface area contributed by atoms with E-state index in [4.69, 9.17) is 14.7 Å². The Bertz CT molecular complexity index is 1030. The predicted molar refractivity (Wildman–Crippen MR) is 88.5 cm³/mol. The Kier molecular flexibility index (Phi) is 4.18. The highest BCUT2D eigenvalue weighted by molar-refractivity contribution is 7.20. The fraction of sp³-hybridized carbons (Fsp3) is 0.250. The number of rotatable bonds is 4. The zero-order chi connectivity index (χ0) is 17.3. The number of carbonyl (C=O) groups is 1. The van der Waals surface area contributed by atoms with Crippen molar-refractivity contribution < 1.29 is 14.3 Å². The molecule has 0 amide bonds. The van der Waals surface area contributed by atoms with Crippen LogP contribution in [0.25, 0.3) is 15.9 Å². The molecule has 0 aliphatic heterocycles. The van der Waals surface area contributed by atoms with Crippen molar-refractivity contribution in [2.75, 3.05) is 6.61 Å². The molecule has 3 heterocycles. The fourth-order valence-electron chi connectivity index (χ4n) is 2.24. The van der Waals surface area contributed by atoms with Gasteiger partial charge >= 0.3 is 5.97 Å². The zero-order valence-electron chi connectivity index (χ0n) is 13.0. The summed E-state index contributed by atoms with van der Waals surface area (Å²) in [6.07, 6.45) is 1.27. The smallest absolute Gasteiger partial charge is 0.352 e. The maximum Gasteiger partial charge on any atom is 0.352 e. The van der Waals surface area contributed by atoms with Crippen molar-refractivity contribution in [3.8, 4) is 11.8 Å². The van der Waals surface area contributed by atoms with Crippen molar-refractivity contribution in [3.05, 3.63) is 39.6 Å². The summed E-state index contributed by atoms with van der Waals surface area (Å²) in [7, 11) is 0. The molecule has 0 saturated heterocycles. The van der Waals surface area contributed by atoms with E-state index in [1.54, 1.807) is 38.2 Å². The molecule has 0 aromatic carbocycles. The number of ether oxygens (including phenoxy) is 2. The summed E-state index contributed by atoms with van der Waals surface area (Å²) in [6, 6.07) is 7.00. The molecule has 3 aromatic rings. The summed E-state index contributed by atoms with van der Waals surface area (Å²) < 4.78 is 11.9. The number of nitrogens with zero attached hydrogens (tertiary/aromatic N) is 3. The molecular formula is C16H13N3O4S. The van der Waals surface area contributed by atoms with E-state index in [1.165, 1.54) is 4.40 Å². The Labute approximate surface area is 140 Å². The maximum atomic E-state index is 12.7. The van der Waals surface area contributed by atoms with Gasteiger partial charge in [0, 0.05) is 6.20 Å². The van der Waals surface area contributed by atoms with E-state index in [0.29, 0.717) is 10.5 Å². The van der Waals surface area contributed by atoms with E-state index in [2.05, 4.69) is 4.98 Å². The molecular weight excluding hydrogens is 330 g/mol. The molecule has 0 bridgehead atoms. The Balaban J connectivity index is 2.30. The second-order valence-electron chi connectivity index (χ2n) is 5.19. The molecule has 3 aromatic heterocycles. The number of thiophene rings is 1. The third-order valence-corrected chi connectivity index (χ3v) is 4.19. The van der Waals surface area contributed by atoms with Crippen LogP contribution in [0.4, 0.5) is 0 Å². The van der Waals surface area contributed by atoms with Gasteiger partial charge < -0.3 is 9.47 Å². The highest BCUT2D eigenvalue weighted by Gasteiger charge is 2.25. The molecule has 0 radical (unpaired) electrons. The molecule has 0 aliphatic carbocycles. The molecule has 0 saturated carbocycles. The van der Waals surface area contributed by atoms with Gasteiger partial charge in [0.15, 0.2) is 17.2 Å². The van der Waals surface area contributed by atoms with Crippen LogP contribution >= 0.6 is 11.3 Å². The van der Waals surface area contributed by atoms with Crippen LogP contribution in [0, 0.1) is 11.3 Å². The molecule has 0 atom stereocenters. The quantitative estimate of drug-likeness (QED) is 0.675. The Morgan fingerprint density at radius 2 is 2.25 bits per heavy atom. The minimum atomic E-state index is -0.602. The van der Waals surface area contributed by atoms with Crippen LogP contribution < -0.4 is 10.3 Å². The van der Waals surface area contributed by atoms with Crippen molar-refractivity contribution in [1.82, 2.24) is 9.38 Å². The lowest BCUT2D eigenvalue weighted by Crippen LogP contribution is -2.15. The second kappa shape index (κ2) is 6.29. The minimum absolute atomic E-state index is 0.0537. The average Bonchev–Trinajstić information content (AvgIpc) is 2.91. The van der Waals surface area contributed by atoms with Gasteiger partial charge in [0.2, 0.25) is 0 Å². The van der Waals surface area contributed by atoms with E-state index in [1.807, 2.05) is 6.07 Å². The molecule has 0 spiro atoms. The maximum absolute atomic E-state index is 12.7. The normalized spacial score (nSPS) is 10.9. The van der Waals surface area contributed by atoms with Gasteiger partial charge in [-0.15, -0.1) is 11.3 Å². The third kappa shape index (κ3) is 2.70. The average molecular weight is 343 g/mol. The van der Waals surface area contributed by atoms with E-state index in [-0.39, 0.29) is 34.3 Å². The summed E-state index contributed by atoms with van der Waals surface area (Å²) in [5.74, 6) is -0.549. The van der Waals surface area contributed by atoms with Crippen LogP contribution in [0.15, 0.2) is 29.2 Å². The molecule has 0 aliphatic rings. The molecule has 3 rings (SSSR count). The standard InChI is InChI=1S/C16H13N3O4S/c1-9(2)23-16(21)13-12(22-8-6-17)11-14(24-13)18-10-5-3-4-7-19(10)15(11)20/h3-5,7,9H,8H2,1-2H3. The van der Waals surface area contributed by atoms with Crippen LogP contribution in [0.3, 0.4) is 0 Å². The molecule has 122 valence electrons. The first-order valence-electron chi connectivity index (χ1n) is 7.17. The molecule has 0 N–H and O–H groups in total. The lowest BCUT2D eigenvalue weighted by Gasteiger charge is -2.08. The van der Waals surface area contributed by atoms with E-state index < -0.39 is 5.97 Å². The monoisotopic (exact) mass is 343 g/mol. The number of pyridine rings is 1. The number of carbonyl (C=O) groups excluding carboxylic acids is 1. The Hall–Kier alpha value is -2.92. The second-order valence-corrected chi connectivity index (χ2v) is 6.19. The van der Waals surface area contributed by atoms with Crippen LogP contribution in [0.2, 0.25) is 0 Å². The van der Waals surface area contributed by atoms with Crippen molar-refractivity contribution >= 4 is 33.2 Å². The third-order valence-electron chi connectivity index (χ3n) is 3.14. The largest absolute Gasteiger partial charge is 0.476 e. The van der Waals surface area contributed by atoms with E-state index in [9.17, 15) is 9.59 Å². The van der Waals surface area contributed by atoms with Crippen molar-refractivity contribution in [2.45, 2.75) is 20.0 Å². The Morgan fingerprint density at radius 1 is 1.46 bits per heavy atom. The van der Waals surface area contributed by atoms with Crippen molar-refractivity contribution in [2.24, 2.45) is 0 Å². The number of nitriles is 1. The summed E-state index contributed by atoms with van der Waals surface area (Å²) >= 11 is 1.02. The molecule has 0 fully saturated rings. The summed E-state index contributed by atoms with van der Waals surface area (Å²) in [5.41, 5.74) is 0.107. The van der Waals surface area contributed by atoms with E-state index >= 15 is 0 Å².